The lowest BCUT2D eigenvalue weighted by Crippen LogP contribution is -2.11. The molecule has 0 aliphatic rings. The first kappa shape index (κ1) is 12.8. The molecule has 1 aromatic carbocycles. The van der Waals surface area contributed by atoms with Crippen molar-refractivity contribution in [3.05, 3.63) is 35.9 Å². The third-order valence-corrected chi connectivity index (χ3v) is 1.99. The monoisotopic (exact) mass is 235 g/mol. The van der Waals surface area contributed by atoms with Gasteiger partial charge in [-0.05, 0) is 13.0 Å². The van der Waals surface area contributed by atoms with Crippen molar-refractivity contribution in [1.29, 1.82) is 0 Å². The second-order valence-electron chi connectivity index (χ2n) is 3.19. The van der Waals surface area contributed by atoms with Crippen molar-refractivity contribution >= 4 is 17.4 Å². The van der Waals surface area contributed by atoms with E-state index in [0.29, 0.717) is 17.9 Å². The maximum Gasteiger partial charge on any atom is 0.336 e. The summed E-state index contributed by atoms with van der Waals surface area (Å²) in [5, 5.41) is 9.04. The number of hydrogen-bond donors (Lipinski definition) is 2. The van der Waals surface area contributed by atoms with Gasteiger partial charge in [-0.15, -0.1) is 0 Å². The summed E-state index contributed by atoms with van der Waals surface area (Å²) < 4.78 is 5.29. The fourth-order valence-electron chi connectivity index (χ4n) is 1.37. The minimum Gasteiger partial charge on any atom is -0.493 e. The number of carboxylic acid groups (broad SMARTS) is 1. The number of nitrogens with two attached hydrogens (primary N) is 1. The number of hydrogen-bond acceptors (Lipinski definition) is 3. The van der Waals surface area contributed by atoms with Crippen LogP contribution in [0.4, 0.5) is 0 Å². The Bertz CT molecular complexity index is 465. The molecule has 17 heavy (non-hydrogen) atoms. The number of ether oxygens (including phenoxy) is 1. The van der Waals surface area contributed by atoms with Crippen molar-refractivity contribution in [2.75, 3.05) is 6.61 Å². The van der Waals surface area contributed by atoms with E-state index in [4.69, 9.17) is 15.6 Å². The Hall–Kier alpha value is -2.30. The lowest BCUT2D eigenvalue weighted by Gasteiger charge is -2.09. The van der Waals surface area contributed by atoms with Crippen LogP contribution in [-0.2, 0) is 9.59 Å². The molecule has 0 saturated heterocycles. The summed E-state index contributed by atoms with van der Waals surface area (Å²) >= 11 is 0. The van der Waals surface area contributed by atoms with Gasteiger partial charge < -0.3 is 15.6 Å². The molecule has 0 bridgehead atoms. The summed E-state index contributed by atoms with van der Waals surface area (Å²) in [4.78, 5) is 21.9. The van der Waals surface area contributed by atoms with Crippen molar-refractivity contribution in [2.45, 2.75) is 6.92 Å². The Morgan fingerprint density at radius 2 is 2.06 bits per heavy atom. The van der Waals surface area contributed by atoms with E-state index in [-0.39, 0.29) is 5.57 Å². The zero-order valence-electron chi connectivity index (χ0n) is 9.34. The van der Waals surface area contributed by atoms with Gasteiger partial charge in [0.1, 0.15) is 5.75 Å². The number of rotatable bonds is 5. The summed E-state index contributed by atoms with van der Waals surface area (Å²) in [6.07, 6.45) is 0.875. The third-order valence-electron chi connectivity index (χ3n) is 1.99. The SMILES string of the molecule is CCOc1ccccc1C(=CC(N)=O)C(=O)O. The van der Waals surface area contributed by atoms with Gasteiger partial charge in [-0.25, -0.2) is 4.79 Å². The molecule has 90 valence electrons. The normalized spacial score (nSPS) is 11.0. The molecular formula is C12H13NO4. The van der Waals surface area contributed by atoms with Crippen LogP contribution in [0, 0.1) is 0 Å². The summed E-state index contributed by atoms with van der Waals surface area (Å²) in [7, 11) is 0. The number of para-hydroxylation sites is 1. The highest BCUT2D eigenvalue weighted by molar-refractivity contribution is 6.20. The fraction of sp³-hybridized carbons (Fsp3) is 0.167. The Labute approximate surface area is 98.5 Å². The van der Waals surface area contributed by atoms with E-state index in [1.807, 2.05) is 0 Å². The van der Waals surface area contributed by atoms with Crippen LogP contribution in [-0.4, -0.2) is 23.6 Å². The molecule has 0 aliphatic carbocycles. The molecule has 1 rings (SSSR count). The number of primary amides is 1. The van der Waals surface area contributed by atoms with Crippen LogP contribution in [0.3, 0.4) is 0 Å². The fourth-order valence-corrected chi connectivity index (χ4v) is 1.37. The Morgan fingerprint density at radius 1 is 1.41 bits per heavy atom. The highest BCUT2D eigenvalue weighted by Gasteiger charge is 2.15. The zero-order valence-corrected chi connectivity index (χ0v) is 9.34. The number of carboxylic acids is 1. The Balaban J connectivity index is 3.28. The van der Waals surface area contributed by atoms with E-state index in [2.05, 4.69) is 0 Å². The number of amides is 1. The average Bonchev–Trinajstić information content (AvgIpc) is 2.27. The van der Waals surface area contributed by atoms with Crippen molar-refractivity contribution in [2.24, 2.45) is 5.73 Å². The molecule has 0 saturated carbocycles. The minimum absolute atomic E-state index is 0.179. The smallest absolute Gasteiger partial charge is 0.336 e. The molecule has 5 nitrogen and oxygen atoms in total. The topological polar surface area (TPSA) is 89.6 Å². The molecule has 0 fully saturated rings. The maximum atomic E-state index is 11.1. The molecular weight excluding hydrogens is 222 g/mol. The van der Waals surface area contributed by atoms with Gasteiger partial charge in [0, 0.05) is 11.6 Å². The predicted molar refractivity (Wildman–Crippen MR) is 62.4 cm³/mol. The number of benzene rings is 1. The van der Waals surface area contributed by atoms with Gasteiger partial charge in [0.25, 0.3) is 0 Å². The lowest BCUT2D eigenvalue weighted by molar-refractivity contribution is -0.130. The molecule has 0 radical (unpaired) electrons. The van der Waals surface area contributed by atoms with Crippen molar-refractivity contribution in [3.8, 4) is 5.75 Å². The first-order chi connectivity index (χ1) is 8.06. The predicted octanol–water partition coefficient (Wildman–Crippen LogP) is 1.04. The number of carbonyl (C=O) groups excluding carboxylic acids is 1. The number of carbonyl (C=O) groups is 2. The van der Waals surface area contributed by atoms with E-state index in [1.54, 1.807) is 31.2 Å². The van der Waals surface area contributed by atoms with E-state index in [9.17, 15) is 9.59 Å². The highest BCUT2D eigenvalue weighted by atomic mass is 16.5. The summed E-state index contributed by atoms with van der Waals surface area (Å²) in [5.74, 6) is -1.63. The lowest BCUT2D eigenvalue weighted by atomic mass is 10.0. The third kappa shape index (κ3) is 3.34. The van der Waals surface area contributed by atoms with Gasteiger partial charge in [-0.1, -0.05) is 18.2 Å². The summed E-state index contributed by atoms with van der Waals surface area (Å²) in [6.45, 7) is 2.19. The van der Waals surface area contributed by atoms with Gasteiger partial charge in [0.15, 0.2) is 0 Å². The number of aliphatic carboxylic acids is 1. The summed E-state index contributed by atoms with van der Waals surface area (Å²) in [5.41, 5.74) is 5.13. The average molecular weight is 235 g/mol. The highest BCUT2D eigenvalue weighted by Crippen LogP contribution is 2.26. The Kier molecular flexibility index (Phi) is 4.28. The van der Waals surface area contributed by atoms with Crippen LogP contribution in [0.25, 0.3) is 5.57 Å². The first-order valence-corrected chi connectivity index (χ1v) is 5.03. The van der Waals surface area contributed by atoms with Gasteiger partial charge in [-0.3, -0.25) is 4.79 Å². The van der Waals surface area contributed by atoms with Crippen LogP contribution in [0.2, 0.25) is 0 Å². The van der Waals surface area contributed by atoms with E-state index in [1.165, 1.54) is 0 Å². The van der Waals surface area contributed by atoms with E-state index >= 15 is 0 Å². The van der Waals surface area contributed by atoms with Crippen molar-refractivity contribution in [3.63, 3.8) is 0 Å². The van der Waals surface area contributed by atoms with Crippen LogP contribution >= 0.6 is 0 Å². The zero-order chi connectivity index (χ0) is 12.8. The van der Waals surface area contributed by atoms with E-state index < -0.39 is 11.9 Å². The Morgan fingerprint density at radius 3 is 2.59 bits per heavy atom. The molecule has 0 aliphatic heterocycles. The molecule has 0 atom stereocenters. The molecule has 0 heterocycles. The molecule has 0 spiro atoms. The van der Waals surface area contributed by atoms with Gasteiger partial charge in [0.2, 0.25) is 5.91 Å². The standard InChI is InChI=1S/C12H13NO4/c1-2-17-10-6-4-3-5-8(10)9(12(15)16)7-11(13)14/h3-7H,2H2,1H3,(H2,13,14)(H,15,16). The van der Waals surface area contributed by atoms with Crippen LogP contribution in [0.1, 0.15) is 12.5 Å². The van der Waals surface area contributed by atoms with Crippen molar-refractivity contribution in [1.82, 2.24) is 0 Å². The molecule has 1 amide bonds. The molecule has 1 aromatic rings. The maximum absolute atomic E-state index is 11.1. The first-order valence-electron chi connectivity index (χ1n) is 5.03. The second kappa shape index (κ2) is 5.69. The summed E-state index contributed by atoms with van der Waals surface area (Å²) in [6, 6.07) is 6.58. The molecule has 0 unspecified atom stereocenters. The molecule has 5 heteroatoms. The second-order valence-corrected chi connectivity index (χ2v) is 3.19. The van der Waals surface area contributed by atoms with Crippen LogP contribution in [0.5, 0.6) is 5.75 Å². The van der Waals surface area contributed by atoms with Crippen LogP contribution < -0.4 is 10.5 Å². The van der Waals surface area contributed by atoms with Gasteiger partial charge in [-0.2, -0.15) is 0 Å². The van der Waals surface area contributed by atoms with Gasteiger partial charge >= 0.3 is 5.97 Å². The van der Waals surface area contributed by atoms with E-state index in [0.717, 1.165) is 6.08 Å². The van der Waals surface area contributed by atoms with Crippen molar-refractivity contribution < 1.29 is 19.4 Å². The van der Waals surface area contributed by atoms with Crippen LogP contribution in [0.15, 0.2) is 30.3 Å². The quantitative estimate of drug-likeness (QED) is 0.746. The van der Waals surface area contributed by atoms with Gasteiger partial charge in [0.05, 0.1) is 12.2 Å². The minimum atomic E-state index is -1.23. The molecule has 3 N–H and O–H groups in total. The molecule has 0 aromatic heterocycles. The largest absolute Gasteiger partial charge is 0.493 e.